The molecule has 33 heavy (non-hydrogen) atoms. The number of halogens is 1. The smallest absolute Gasteiger partial charge is 0.267 e. The Morgan fingerprint density at radius 2 is 1.61 bits per heavy atom. The van der Waals surface area contributed by atoms with Gasteiger partial charge in [0.1, 0.15) is 15.5 Å². The van der Waals surface area contributed by atoms with Crippen LogP contribution in [0.4, 0.5) is 15.8 Å². The van der Waals surface area contributed by atoms with E-state index in [-0.39, 0.29) is 5.91 Å². The van der Waals surface area contributed by atoms with Gasteiger partial charge < -0.3 is 11.1 Å². The lowest BCUT2D eigenvalue weighted by molar-refractivity contribution is 0.103. The number of nitrogens with zero attached hydrogens (tertiary/aromatic N) is 1. The predicted octanol–water partition coefficient (Wildman–Crippen LogP) is 6.91. The van der Waals surface area contributed by atoms with E-state index in [9.17, 15) is 9.18 Å². The summed E-state index contributed by atoms with van der Waals surface area (Å²) in [4.78, 5) is 19.0. The summed E-state index contributed by atoms with van der Waals surface area (Å²) in [7, 11) is 0. The molecule has 0 aliphatic heterocycles. The molecule has 2 aromatic heterocycles. The number of anilines is 2. The number of nitrogens with two attached hydrogens (primary N) is 1. The molecule has 162 valence electrons. The molecule has 0 atom stereocenters. The van der Waals surface area contributed by atoms with E-state index in [1.807, 2.05) is 73.7 Å². The summed E-state index contributed by atoms with van der Waals surface area (Å²) < 4.78 is 13.7. The lowest BCUT2D eigenvalue weighted by Crippen LogP contribution is -2.13. The molecule has 0 radical (unpaired) electrons. The van der Waals surface area contributed by atoms with Crippen molar-refractivity contribution in [1.82, 2.24) is 4.98 Å². The van der Waals surface area contributed by atoms with E-state index in [1.54, 1.807) is 6.07 Å². The average molecular weight is 454 g/mol. The molecule has 0 fully saturated rings. The minimum Gasteiger partial charge on any atom is -0.397 e. The molecule has 3 aromatic carbocycles. The molecule has 0 aliphatic rings. The zero-order valence-electron chi connectivity index (χ0n) is 17.8. The number of benzene rings is 3. The Morgan fingerprint density at radius 3 is 2.30 bits per heavy atom. The third kappa shape index (κ3) is 3.97. The van der Waals surface area contributed by atoms with Gasteiger partial charge in [-0.15, -0.1) is 11.3 Å². The van der Waals surface area contributed by atoms with E-state index in [0.29, 0.717) is 21.1 Å². The van der Waals surface area contributed by atoms with Crippen molar-refractivity contribution in [2.45, 2.75) is 6.92 Å². The fraction of sp³-hybridized carbons (Fsp3) is 0.0370. The van der Waals surface area contributed by atoms with Gasteiger partial charge in [0, 0.05) is 16.6 Å². The number of hydrogen-bond donors (Lipinski definition) is 2. The molecular formula is C27H20FN3OS. The van der Waals surface area contributed by atoms with E-state index in [2.05, 4.69) is 5.32 Å². The highest BCUT2D eigenvalue weighted by Gasteiger charge is 2.22. The van der Waals surface area contributed by atoms with E-state index in [1.165, 1.54) is 23.5 Å². The van der Waals surface area contributed by atoms with Crippen molar-refractivity contribution in [2.75, 3.05) is 11.1 Å². The largest absolute Gasteiger partial charge is 0.397 e. The highest BCUT2D eigenvalue weighted by atomic mass is 32.1. The maximum Gasteiger partial charge on any atom is 0.267 e. The van der Waals surface area contributed by atoms with Crippen LogP contribution in [-0.2, 0) is 0 Å². The van der Waals surface area contributed by atoms with E-state index < -0.39 is 5.82 Å². The van der Waals surface area contributed by atoms with Crippen LogP contribution < -0.4 is 11.1 Å². The van der Waals surface area contributed by atoms with Gasteiger partial charge in [0.25, 0.3) is 5.91 Å². The maximum atomic E-state index is 13.7. The lowest BCUT2D eigenvalue weighted by atomic mass is 9.99. The topological polar surface area (TPSA) is 68.0 Å². The number of nitrogens with one attached hydrogen (secondary N) is 1. The van der Waals surface area contributed by atoms with Crippen molar-refractivity contribution in [2.24, 2.45) is 0 Å². The number of pyridine rings is 1. The van der Waals surface area contributed by atoms with E-state index >= 15 is 0 Å². The molecule has 0 spiro atoms. The minimum absolute atomic E-state index is 0.351. The molecule has 4 nitrogen and oxygen atoms in total. The number of thiophene rings is 1. The van der Waals surface area contributed by atoms with Crippen LogP contribution in [0.3, 0.4) is 0 Å². The fourth-order valence-corrected chi connectivity index (χ4v) is 4.81. The van der Waals surface area contributed by atoms with Crippen LogP contribution in [0.2, 0.25) is 0 Å². The van der Waals surface area contributed by atoms with Gasteiger partial charge in [-0.3, -0.25) is 4.79 Å². The molecule has 0 aliphatic carbocycles. The Labute approximate surface area is 194 Å². The number of rotatable bonds is 4. The van der Waals surface area contributed by atoms with Crippen LogP contribution in [0.5, 0.6) is 0 Å². The Morgan fingerprint density at radius 1 is 0.939 bits per heavy atom. The van der Waals surface area contributed by atoms with Crippen molar-refractivity contribution in [3.8, 4) is 22.4 Å². The number of fused-ring (bicyclic) bond motifs is 1. The molecule has 0 saturated heterocycles. The standard InChI is InChI=1S/C27H20FN3OS/c1-16-12-13-19(28)14-21(16)30-26(32)25-24(29)23-20(17-8-4-2-5-9-17)15-22(31-27(23)33-25)18-10-6-3-7-11-18/h2-15H,29H2,1H3,(H,30,32). The summed E-state index contributed by atoms with van der Waals surface area (Å²) in [5.41, 5.74) is 11.7. The second kappa shape index (κ2) is 8.48. The summed E-state index contributed by atoms with van der Waals surface area (Å²) in [6.45, 7) is 1.81. The fourth-order valence-electron chi connectivity index (χ4n) is 3.80. The summed E-state index contributed by atoms with van der Waals surface area (Å²) in [5.74, 6) is -0.801. The first-order valence-corrected chi connectivity index (χ1v) is 11.2. The zero-order chi connectivity index (χ0) is 22.9. The average Bonchev–Trinajstić information content (AvgIpc) is 3.18. The molecule has 2 heterocycles. The molecule has 1 amide bonds. The molecule has 0 bridgehead atoms. The Balaban J connectivity index is 1.67. The summed E-state index contributed by atoms with van der Waals surface area (Å²) in [5, 5.41) is 3.54. The quantitative estimate of drug-likeness (QED) is 0.311. The Kier molecular flexibility index (Phi) is 5.36. The van der Waals surface area contributed by atoms with Crippen molar-refractivity contribution >= 4 is 38.8 Å². The van der Waals surface area contributed by atoms with Gasteiger partial charge in [-0.05, 0) is 41.8 Å². The number of carbonyl (C=O) groups is 1. The molecule has 0 saturated carbocycles. The highest BCUT2D eigenvalue weighted by molar-refractivity contribution is 7.21. The van der Waals surface area contributed by atoms with Crippen LogP contribution in [0.15, 0.2) is 84.9 Å². The Hall–Kier alpha value is -4.03. The van der Waals surface area contributed by atoms with Gasteiger partial charge in [-0.1, -0.05) is 66.7 Å². The van der Waals surface area contributed by atoms with Gasteiger partial charge in [0.15, 0.2) is 0 Å². The molecule has 6 heteroatoms. The van der Waals surface area contributed by atoms with Crippen LogP contribution >= 0.6 is 11.3 Å². The van der Waals surface area contributed by atoms with Crippen LogP contribution in [0.1, 0.15) is 15.2 Å². The normalized spacial score (nSPS) is 11.0. The minimum atomic E-state index is -0.416. The van der Waals surface area contributed by atoms with Crippen LogP contribution in [-0.4, -0.2) is 10.9 Å². The van der Waals surface area contributed by atoms with Gasteiger partial charge in [-0.2, -0.15) is 0 Å². The van der Waals surface area contributed by atoms with Gasteiger partial charge in [-0.25, -0.2) is 9.37 Å². The first-order chi connectivity index (χ1) is 16.0. The third-order valence-electron chi connectivity index (χ3n) is 5.51. The molecule has 3 N–H and O–H groups in total. The molecule has 0 unspecified atom stereocenters. The van der Waals surface area contributed by atoms with Crippen molar-refractivity contribution in [3.05, 3.63) is 101 Å². The summed E-state index contributed by atoms with van der Waals surface area (Å²) in [6.07, 6.45) is 0. The van der Waals surface area contributed by atoms with E-state index in [0.717, 1.165) is 33.3 Å². The molecule has 5 aromatic rings. The van der Waals surface area contributed by atoms with Gasteiger partial charge in [0.2, 0.25) is 0 Å². The highest BCUT2D eigenvalue weighted by Crippen LogP contribution is 2.41. The molecular weight excluding hydrogens is 433 g/mol. The third-order valence-corrected chi connectivity index (χ3v) is 6.61. The summed E-state index contributed by atoms with van der Waals surface area (Å²) >= 11 is 1.24. The Bertz CT molecular complexity index is 1480. The second-order valence-electron chi connectivity index (χ2n) is 7.73. The van der Waals surface area contributed by atoms with Crippen LogP contribution in [0.25, 0.3) is 32.6 Å². The first-order valence-electron chi connectivity index (χ1n) is 10.4. The maximum absolute atomic E-state index is 13.7. The summed E-state index contributed by atoms with van der Waals surface area (Å²) in [6, 6.07) is 26.1. The zero-order valence-corrected chi connectivity index (χ0v) is 18.6. The predicted molar refractivity (Wildman–Crippen MR) is 134 cm³/mol. The molecule has 5 rings (SSSR count). The van der Waals surface area contributed by atoms with Crippen molar-refractivity contribution in [3.63, 3.8) is 0 Å². The van der Waals surface area contributed by atoms with Crippen LogP contribution in [0, 0.1) is 12.7 Å². The number of hydrogen-bond acceptors (Lipinski definition) is 4. The first kappa shape index (κ1) is 20.8. The van der Waals surface area contributed by atoms with Crippen molar-refractivity contribution in [1.29, 1.82) is 0 Å². The van der Waals surface area contributed by atoms with Crippen molar-refractivity contribution < 1.29 is 9.18 Å². The number of nitrogen functional groups attached to an aromatic ring is 1. The van der Waals surface area contributed by atoms with Gasteiger partial charge in [0.05, 0.1) is 11.4 Å². The number of aryl methyl sites for hydroxylation is 1. The number of carbonyl (C=O) groups excluding carboxylic acids is 1. The van der Waals surface area contributed by atoms with E-state index in [4.69, 9.17) is 10.7 Å². The number of amides is 1. The monoisotopic (exact) mass is 453 g/mol. The SMILES string of the molecule is Cc1ccc(F)cc1NC(=O)c1sc2nc(-c3ccccc3)cc(-c3ccccc3)c2c1N. The lowest BCUT2D eigenvalue weighted by Gasteiger charge is -2.09. The number of aromatic nitrogens is 1. The van der Waals surface area contributed by atoms with Gasteiger partial charge >= 0.3 is 0 Å². The second-order valence-corrected chi connectivity index (χ2v) is 8.72.